The third-order valence-electron chi connectivity index (χ3n) is 3.49. The topological polar surface area (TPSA) is 103 Å². The Bertz CT molecular complexity index is 977. The summed E-state index contributed by atoms with van der Waals surface area (Å²) in [7, 11) is 0. The third kappa shape index (κ3) is 4.51. The zero-order valence-corrected chi connectivity index (χ0v) is 14.2. The van der Waals surface area contributed by atoms with Gasteiger partial charge in [-0.05, 0) is 31.2 Å². The molecule has 0 atom stereocenters. The lowest BCUT2D eigenvalue weighted by Gasteiger charge is -2.11. The minimum atomic E-state index is -0.859. The van der Waals surface area contributed by atoms with Crippen molar-refractivity contribution in [3.05, 3.63) is 71.2 Å². The monoisotopic (exact) mass is 371 g/mol. The smallest absolute Gasteiger partial charge is 0.270 e. The van der Waals surface area contributed by atoms with Gasteiger partial charge in [0.25, 0.3) is 5.91 Å². The first-order chi connectivity index (χ1) is 12.9. The number of aromatic nitrogens is 3. The fourth-order valence-electron chi connectivity index (χ4n) is 2.29. The quantitative estimate of drug-likeness (QED) is 0.715. The highest BCUT2D eigenvalue weighted by atomic mass is 19.1. The van der Waals surface area contributed by atoms with Gasteiger partial charge in [0.05, 0.1) is 0 Å². The molecule has 7 nitrogen and oxygen atoms in total. The van der Waals surface area contributed by atoms with Crippen LogP contribution in [0.15, 0.2) is 42.6 Å². The number of nitrogens with one attached hydrogen (secondary N) is 1. The minimum absolute atomic E-state index is 0.00247. The van der Waals surface area contributed by atoms with Gasteiger partial charge in [0.1, 0.15) is 11.5 Å². The van der Waals surface area contributed by atoms with E-state index in [4.69, 9.17) is 10.5 Å². The third-order valence-corrected chi connectivity index (χ3v) is 3.49. The predicted octanol–water partition coefficient (Wildman–Crippen LogP) is 2.76. The molecular weight excluding hydrogens is 356 g/mol. The molecule has 1 amide bonds. The average Bonchev–Trinajstić information content (AvgIpc) is 2.62. The van der Waals surface area contributed by atoms with Gasteiger partial charge in [-0.25, -0.2) is 23.7 Å². The standard InChI is InChI=1S/C18H15F2N5O2/c1-10-7-14(25-18(21)24-10)16(26)23-9-11-3-2-6-22-17(11)27-15-5-4-12(19)8-13(15)20/h2-8H,9H2,1H3,(H,23,26)(H2,21,24,25). The van der Waals surface area contributed by atoms with Crippen LogP contribution < -0.4 is 15.8 Å². The minimum Gasteiger partial charge on any atom is -0.436 e. The molecule has 9 heteroatoms. The number of hydrogen-bond acceptors (Lipinski definition) is 6. The van der Waals surface area contributed by atoms with E-state index in [1.807, 2.05) is 0 Å². The molecule has 0 radical (unpaired) electrons. The lowest BCUT2D eigenvalue weighted by Crippen LogP contribution is -2.24. The molecular formula is C18H15F2N5O2. The Labute approximate surface area is 153 Å². The van der Waals surface area contributed by atoms with Crippen molar-refractivity contribution < 1.29 is 18.3 Å². The van der Waals surface area contributed by atoms with Gasteiger partial charge in [0.2, 0.25) is 11.8 Å². The number of nitrogen functional groups attached to an aromatic ring is 1. The van der Waals surface area contributed by atoms with Gasteiger partial charge in [-0.15, -0.1) is 0 Å². The molecule has 0 aliphatic rings. The Kier molecular flexibility index (Phi) is 5.20. The molecule has 0 fully saturated rings. The number of rotatable bonds is 5. The zero-order chi connectivity index (χ0) is 19.4. The van der Waals surface area contributed by atoms with Crippen molar-refractivity contribution in [3.63, 3.8) is 0 Å². The number of amides is 1. The van der Waals surface area contributed by atoms with Crippen LogP contribution in [0.4, 0.5) is 14.7 Å². The van der Waals surface area contributed by atoms with Gasteiger partial charge < -0.3 is 15.8 Å². The van der Waals surface area contributed by atoms with Crippen molar-refractivity contribution in [2.24, 2.45) is 0 Å². The molecule has 2 heterocycles. The second-order valence-electron chi connectivity index (χ2n) is 5.58. The molecule has 2 aromatic heterocycles. The summed E-state index contributed by atoms with van der Waals surface area (Å²) in [5.74, 6) is -2.13. The number of nitrogens with zero attached hydrogens (tertiary/aromatic N) is 3. The first-order valence-electron chi connectivity index (χ1n) is 7.88. The summed E-state index contributed by atoms with van der Waals surface area (Å²) >= 11 is 0. The van der Waals surface area contributed by atoms with Crippen molar-refractivity contribution >= 4 is 11.9 Å². The predicted molar refractivity (Wildman–Crippen MR) is 93.0 cm³/mol. The van der Waals surface area contributed by atoms with Crippen molar-refractivity contribution in [1.29, 1.82) is 0 Å². The van der Waals surface area contributed by atoms with Crippen LogP contribution >= 0.6 is 0 Å². The van der Waals surface area contributed by atoms with E-state index in [1.165, 1.54) is 12.3 Å². The van der Waals surface area contributed by atoms with Crippen LogP contribution in [0.1, 0.15) is 21.7 Å². The number of nitrogens with two attached hydrogens (primary N) is 1. The van der Waals surface area contributed by atoms with Crippen molar-refractivity contribution in [1.82, 2.24) is 20.3 Å². The number of ether oxygens (including phenoxy) is 1. The van der Waals surface area contributed by atoms with Crippen LogP contribution in [0, 0.1) is 18.6 Å². The van der Waals surface area contributed by atoms with E-state index in [0.717, 1.165) is 12.1 Å². The maximum Gasteiger partial charge on any atom is 0.270 e. The van der Waals surface area contributed by atoms with E-state index in [9.17, 15) is 13.6 Å². The number of carbonyl (C=O) groups excluding carboxylic acids is 1. The number of carbonyl (C=O) groups is 1. The largest absolute Gasteiger partial charge is 0.436 e. The number of halogens is 2. The number of benzene rings is 1. The summed E-state index contributed by atoms with van der Waals surface area (Å²) in [6, 6.07) is 7.74. The highest BCUT2D eigenvalue weighted by Crippen LogP contribution is 2.26. The van der Waals surface area contributed by atoms with E-state index in [-0.39, 0.29) is 29.8 Å². The first kappa shape index (κ1) is 18.2. The lowest BCUT2D eigenvalue weighted by atomic mass is 10.2. The second-order valence-corrected chi connectivity index (χ2v) is 5.58. The summed E-state index contributed by atoms with van der Waals surface area (Å²) in [4.78, 5) is 24.1. The molecule has 27 heavy (non-hydrogen) atoms. The Balaban J connectivity index is 1.75. The SMILES string of the molecule is Cc1cc(C(=O)NCc2cccnc2Oc2ccc(F)cc2F)nc(N)n1. The highest BCUT2D eigenvalue weighted by Gasteiger charge is 2.13. The Hall–Kier alpha value is -3.62. The molecule has 3 rings (SSSR count). The molecule has 3 N–H and O–H groups in total. The molecule has 1 aromatic carbocycles. The van der Waals surface area contributed by atoms with Crippen LogP contribution in [-0.4, -0.2) is 20.9 Å². The number of hydrogen-bond donors (Lipinski definition) is 2. The van der Waals surface area contributed by atoms with Crippen LogP contribution in [0.5, 0.6) is 11.6 Å². The van der Waals surface area contributed by atoms with E-state index in [0.29, 0.717) is 17.3 Å². The fraction of sp³-hybridized carbons (Fsp3) is 0.111. The Morgan fingerprint density at radius 2 is 2.04 bits per heavy atom. The van der Waals surface area contributed by atoms with Crippen molar-refractivity contribution in [3.8, 4) is 11.6 Å². The summed E-state index contributed by atoms with van der Waals surface area (Å²) in [6.45, 7) is 1.74. The molecule has 0 aliphatic carbocycles. The molecule has 0 saturated carbocycles. The maximum absolute atomic E-state index is 13.8. The van der Waals surface area contributed by atoms with Gasteiger partial charge in [-0.1, -0.05) is 6.07 Å². The molecule has 0 aliphatic heterocycles. The number of pyridine rings is 1. The van der Waals surface area contributed by atoms with Crippen LogP contribution in [0.25, 0.3) is 0 Å². The first-order valence-corrected chi connectivity index (χ1v) is 7.88. The number of anilines is 1. The van der Waals surface area contributed by atoms with Gasteiger partial charge in [-0.2, -0.15) is 0 Å². The average molecular weight is 371 g/mol. The van der Waals surface area contributed by atoms with E-state index in [2.05, 4.69) is 20.3 Å². The summed E-state index contributed by atoms with van der Waals surface area (Å²) in [5.41, 5.74) is 6.72. The normalized spacial score (nSPS) is 10.5. The van der Waals surface area contributed by atoms with Crippen molar-refractivity contribution in [2.75, 3.05) is 5.73 Å². The summed E-state index contributed by atoms with van der Waals surface area (Å²) in [5, 5.41) is 2.66. The van der Waals surface area contributed by atoms with Gasteiger partial charge in [0.15, 0.2) is 11.6 Å². The lowest BCUT2D eigenvalue weighted by molar-refractivity contribution is 0.0945. The molecule has 0 unspecified atom stereocenters. The van der Waals surface area contributed by atoms with Crippen LogP contribution in [0.2, 0.25) is 0 Å². The zero-order valence-electron chi connectivity index (χ0n) is 14.2. The molecule has 0 spiro atoms. The van der Waals surface area contributed by atoms with E-state index < -0.39 is 17.5 Å². The van der Waals surface area contributed by atoms with Crippen molar-refractivity contribution in [2.45, 2.75) is 13.5 Å². The van der Waals surface area contributed by atoms with Gasteiger partial charge in [0, 0.05) is 30.1 Å². The van der Waals surface area contributed by atoms with E-state index in [1.54, 1.807) is 19.1 Å². The summed E-state index contributed by atoms with van der Waals surface area (Å²) < 4.78 is 32.2. The molecule has 0 saturated heterocycles. The van der Waals surface area contributed by atoms with E-state index >= 15 is 0 Å². The Morgan fingerprint density at radius 1 is 1.22 bits per heavy atom. The van der Waals surface area contributed by atoms with Gasteiger partial charge in [-0.3, -0.25) is 4.79 Å². The second kappa shape index (κ2) is 7.73. The van der Waals surface area contributed by atoms with Crippen LogP contribution in [-0.2, 0) is 6.54 Å². The molecule has 138 valence electrons. The molecule has 0 bridgehead atoms. The summed E-state index contributed by atoms with van der Waals surface area (Å²) in [6.07, 6.45) is 1.45. The highest BCUT2D eigenvalue weighted by molar-refractivity contribution is 5.92. The Morgan fingerprint density at radius 3 is 2.78 bits per heavy atom. The fourth-order valence-corrected chi connectivity index (χ4v) is 2.29. The number of aryl methyl sites for hydroxylation is 1. The van der Waals surface area contributed by atoms with Crippen LogP contribution in [0.3, 0.4) is 0 Å². The maximum atomic E-state index is 13.8. The van der Waals surface area contributed by atoms with Gasteiger partial charge >= 0.3 is 0 Å². The molecule has 3 aromatic rings.